The van der Waals surface area contributed by atoms with Gasteiger partial charge in [-0.05, 0) is 101 Å². The predicted molar refractivity (Wildman–Crippen MR) is 114 cm³/mol. The summed E-state index contributed by atoms with van der Waals surface area (Å²) in [6.45, 7) is 2.16. The standard InChI is InChI=1S/C26H42O.Y/c1-2-5-19-8-10-21(11-9-19)22-12-14-23(15-13-22)25-17-16-24(18-26(25)27)20-6-3-4-7-20;/h2,5,14,19-22,24-27H,3-4,6-13,15-18H2,1H3;/b5-2+;. The Labute approximate surface area is 199 Å². The van der Waals surface area contributed by atoms with Gasteiger partial charge in [0.15, 0.2) is 0 Å². The van der Waals surface area contributed by atoms with Crippen molar-refractivity contribution >= 4 is 0 Å². The molecule has 0 aromatic carbocycles. The SMILES string of the molecule is C/C=C/C1CCC(C2CC=C(C3CCC(C4CCCC4)CC3O)CC2)CC1.[Y]. The topological polar surface area (TPSA) is 20.2 Å². The molecule has 4 aliphatic carbocycles. The van der Waals surface area contributed by atoms with E-state index < -0.39 is 0 Å². The summed E-state index contributed by atoms with van der Waals surface area (Å²) in [4.78, 5) is 0. The first-order valence-electron chi connectivity index (χ1n) is 12.2. The fraction of sp³-hybridized carbons (Fsp3) is 0.846. The van der Waals surface area contributed by atoms with Crippen LogP contribution in [0.4, 0.5) is 0 Å². The third-order valence-corrected chi connectivity index (χ3v) is 8.83. The van der Waals surface area contributed by atoms with E-state index in [0.717, 1.165) is 36.0 Å². The minimum atomic E-state index is -0.0524. The van der Waals surface area contributed by atoms with Crippen LogP contribution in [0.15, 0.2) is 23.8 Å². The van der Waals surface area contributed by atoms with Gasteiger partial charge in [-0.3, -0.25) is 0 Å². The maximum absolute atomic E-state index is 10.9. The van der Waals surface area contributed by atoms with E-state index in [9.17, 15) is 5.11 Å². The van der Waals surface area contributed by atoms with Crippen LogP contribution in [0.25, 0.3) is 0 Å². The summed E-state index contributed by atoms with van der Waals surface area (Å²) in [6.07, 6.45) is 26.3. The Morgan fingerprint density at radius 1 is 0.821 bits per heavy atom. The second kappa shape index (κ2) is 11.2. The summed E-state index contributed by atoms with van der Waals surface area (Å²) in [5.41, 5.74) is 1.63. The largest absolute Gasteiger partial charge is 0.392 e. The van der Waals surface area contributed by atoms with E-state index >= 15 is 0 Å². The minimum absolute atomic E-state index is 0. The van der Waals surface area contributed by atoms with Gasteiger partial charge in [-0.2, -0.15) is 0 Å². The van der Waals surface area contributed by atoms with Crippen LogP contribution in [-0.2, 0) is 32.7 Å². The smallest absolute Gasteiger partial charge is 0.0608 e. The van der Waals surface area contributed by atoms with E-state index in [-0.39, 0.29) is 38.8 Å². The van der Waals surface area contributed by atoms with Crippen molar-refractivity contribution in [3.63, 3.8) is 0 Å². The molecule has 1 N–H and O–H groups in total. The Hall–Kier alpha value is 0.544. The number of aliphatic hydroxyl groups excluding tert-OH is 1. The molecule has 2 heteroatoms. The normalized spacial score (nSPS) is 40.3. The van der Waals surface area contributed by atoms with E-state index in [1.54, 1.807) is 5.57 Å². The van der Waals surface area contributed by atoms with Crippen molar-refractivity contribution in [2.75, 3.05) is 0 Å². The van der Waals surface area contributed by atoms with Crippen molar-refractivity contribution in [3.8, 4) is 0 Å². The second-order valence-electron chi connectivity index (χ2n) is 10.3. The molecule has 0 aliphatic heterocycles. The molecule has 155 valence electrons. The number of hydrogen-bond donors (Lipinski definition) is 1. The quantitative estimate of drug-likeness (QED) is 0.446. The van der Waals surface area contributed by atoms with Crippen LogP contribution >= 0.6 is 0 Å². The molecule has 0 aromatic rings. The number of rotatable bonds is 4. The van der Waals surface area contributed by atoms with Gasteiger partial charge >= 0.3 is 0 Å². The van der Waals surface area contributed by atoms with Gasteiger partial charge in [0.05, 0.1) is 6.10 Å². The summed E-state index contributed by atoms with van der Waals surface area (Å²) in [7, 11) is 0. The van der Waals surface area contributed by atoms with E-state index in [2.05, 4.69) is 25.2 Å². The van der Waals surface area contributed by atoms with Crippen LogP contribution in [0, 0.1) is 35.5 Å². The molecule has 1 nitrogen and oxygen atoms in total. The first-order chi connectivity index (χ1) is 13.2. The predicted octanol–water partition coefficient (Wildman–Crippen LogP) is 7.06. The Morgan fingerprint density at radius 2 is 1.50 bits per heavy atom. The fourth-order valence-electron chi connectivity index (χ4n) is 7.19. The minimum Gasteiger partial charge on any atom is -0.392 e. The Morgan fingerprint density at radius 3 is 2.11 bits per heavy atom. The van der Waals surface area contributed by atoms with E-state index in [1.807, 2.05) is 0 Å². The molecule has 0 spiro atoms. The number of allylic oxidation sites excluding steroid dienone is 3. The average Bonchev–Trinajstić information content (AvgIpc) is 3.24. The van der Waals surface area contributed by atoms with Crippen molar-refractivity contribution < 1.29 is 37.8 Å². The zero-order valence-electron chi connectivity index (χ0n) is 18.2. The third kappa shape index (κ3) is 5.61. The maximum atomic E-state index is 10.9. The van der Waals surface area contributed by atoms with Crippen molar-refractivity contribution in [3.05, 3.63) is 23.8 Å². The summed E-state index contributed by atoms with van der Waals surface area (Å²) < 4.78 is 0. The van der Waals surface area contributed by atoms with Gasteiger partial charge in [-0.15, -0.1) is 0 Å². The van der Waals surface area contributed by atoms with Gasteiger partial charge in [0, 0.05) is 38.6 Å². The first-order valence-corrected chi connectivity index (χ1v) is 12.2. The molecule has 3 fully saturated rings. The van der Waals surface area contributed by atoms with Crippen molar-refractivity contribution in [1.29, 1.82) is 0 Å². The monoisotopic (exact) mass is 459 g/mol. The number of aliphatic hydroxyl groups is 1. The average molecular weight is 460 g/mol. The zero-order valence-corrected chi connectivity index (χ0v) is 21.0. The Kier molecular flexibility index (Phi) is 9.32. The molecule has 0 amide bonds. The summed E-state index contributed by atoms with van der Waals surface area (Å²) in [5.74, 6) is 4.99. The van der Waals surface area contributed by atoms with Gasteiger partial charge < -0.3 is 5.11 Å². The van der Waals surface area contributed by atoms with Crippen LogP contribution in [0.2, 0.25) is 0 Å². The van der Waals surface area contributed by atoms with E-state index in [0.29, 0.717) is 5.92 Å². The van der Waals surface area contributed by atoms with E-state index in [1.165, 1.54) is 83.5 Å². The van der Waals surface area contributed by atoms with Gasteiger partial charge in [-0.25, -0.2) is 0 Å². The van der Waals surface area contributed by atoms with Gasteiger partial charge in [0.1, 0.15) is 0 Å². The van der Waals surface area contributed by atoms with Crippen LogP contribution in [0.1, 0.15) is 96.8 Å². The molecule has 0 aromatic heterocycles. The second-order valence-corrected chi connectivity index (χ2v) is 10.3. The summed E-state index contributed by atoms with van der Waals surface area (Å²) in [5, 5.41) is 10.9. The summed E-state index contributed by atoms with van der Waals surface area (Å²) in [6, 6.07) is 0. The van der Waals surface area contributed by atoms with Crippen LogP contribution in [0.5, 0.6) is 0 Å². The molecule has 0 heterocycles. The molecular formula is C26H42OY. The third-order valence-electron chi connectivity index (χ3n) is 8.83. The molecule has 28 heavy (non-hydrogen) atoms. The molecule has 3 saturated carbocycles. The Bertz CT molecular complexity index is 525. The van der Waals surface area contributed by atoms with Crippen molar-refractivity contribution in [2.45, 2.75) is 103 Å². The molecule has 4 rings (SSSR count). The van der Waals surface area contributed by atoms with E-state index in [4.69, 9.17) is 0 Å². The van der Waals surface area contributed by atoms with Crippen molar-refractivity contribution in [1.82, 2.24) is 0 Å². The van der Waals surface area contributed by atoms with Gasteiger partial charge in [0.2, 0.25) is 0 Å². The zero-order chi connectivity index (χ0) is 18.6. The van der Waals surface area contributed by atoms with Gasteiger partial charge in [0.25, 0.3) is 0 Å². The molecule has 4 aliphatic rings. The molecular weight excluding hydrogens is 417 g/mol. The maximum Gasteiger partial charge on any atom is 0.0608 e. The molecule has 1 radical (unpaired) electrons. The Balaban J connectivity index is 0.00000225. The summed E-state index contributed by atoms with van der Waals surface area (Å²) >= 11 is 0. The molecule has 4 unspecified atom stereocenters. The van der Waals surface area contributed by atoms with Crippen LogP contribution in [-0.4, -0.2) is 11.2 Å². The molecule has 4 atom stereocenters. The van der Waals surface area contributed by atoms with Crippen molar-refractivity contribution in [2.24, 2.45) is 35.5 Å². The number of hydrogen-bond acceptors (Lipinski definition) is 1. The molecule has 0 saturated heterocycles. The fourth-order valence-corrected chi connectivity index (χ4v) is 7.19. The van der Waals surface area contributed by atoms with Gasteiger partial charge in [-0.1, -0.05) is 49.5 Å². The van der Waals surface area contributed by atoms with Crippen LogP contribution < -0.4 is 0 Å². The molecule has 0 bridgehead atoms. The first kappa shape index (κ1) is 23.2. The van der Waals surface area contributed by atoms with Crippen LogP contribution in [0.3, 0.4) is 0 Å².